The van der Waals surface area contributed by atoms with Gasteiger partial charge < -0.3 is 0 Å². The molecule has 0 saturated carbocycles. The summed E-state index contributed by atoms with van der Waals surface area (Å²) in [6, 6.07) is 11.9. The molecule has 120 valence electrons. The van der Waals surface area contributed by atoms with E-state index in [1.165, 1.54) is 9.13 Å². The molecule has 0 atom stereocenters. The maximum atomic E-state index is 12.2. The van der Waals surface area contributed by atoms with Gasteiger partial charge in [0, 0.05) is 3.57 Å². The lowest BCUT2D eigenvalue weighted by Gasteiger charge is -2.09. The van der Waals surface area contributed by atoms with Gasteiger partial charge in [0.1, 0.15) is 4.90 Å². The van der Waals surface area contributed by atoms with Gasteiger partial charge in [-0.1, -0.05) is 29.8 Å². The summed E-state index contributed by atoms with van der Waals surface area (Å²) in [6.07, 6.45) is -4.80. The van der Waals surface area contributed by atoms with Crippen molar-refractivity contribution in [1.82, 2.24) is 0 Å². The monoisotopic (exact) mass is 444 g/mol. The fourth-order valence-corrected chi connectivity index (χ4v) is 2.53. The molecule has 0 bridgehead atoms. The third-order valence-electron chi connectivity index (χ3n) is 2.48. The molecule has 0 aliphatic heterocycles. The van der Waals surface area contributed by atoms with Crippen molar-refractivity contribution in [2.45, 2.75) is 18.0 Å². The van der Waals surface area contributed by atoms with Gasteiger partial charge in [0.25, 0.3) is 10.1 Å². The number of hydrogen-bond donors (Lipinski definition) is 1. The van der Waals surface area contributed by atoms with Gasteiger partial charge >= 0.3 is 6.18 Å². The van der Waals surface area contributed by atoms with Crippen LogP contribution in [0, 0.1) is 10.5 Å². The van der Waals surface area contributed by atoms with Crippen LogP contribution >= 0.6 is 22.6 Å². The summed E-state index contributed by atoms with van der Waals surface area (Å²) in [7, 11) is -4.84. The molecule has 3 nitrogen and oxygen atoms in total. The molecule has 0 aliphatic carbocycles. The molecule has 0 aliphatic rings. The number of hydrogen-bond acceptors (Lipinski definition) is 2. The Bertz CT molecular complexity index is 705. The zero-order valence-corrected chi connectivity index (χ0v) is 14.3. The van der Waals surface area contributed by atoms with E-state index in [1.54, 1.807) is 0 Å². The molecule has 0 aromatic heterocycles. The molecule has 0 radical (unpaired) electrons. The molecule has 2 aromatic carbocycles. The first kappa shape index (κ1) is 18.9. The number of rotatable bonds is 1. The van der Waals surface area contributed by atoms with Crippen molar-refractivity contribution in [1.29, 1.82) is 0 Å². The molecule has 0 amide bonds. The summed E-state index contributed by atoms with van der Waals surface area (Å²) < 4.78 is 67.5. The SMILES string of the molecule is Cc1ccc(I)cc1.O=S(=O)(O)c1ccccc1C(F)(F)F. The average molecular weight is 444 g/mol. The number of aryl methyl sites for hydroxylation is 1. The highest BCUT2D eigenvalue weighted by Gasteiger charge is 2.36. The van der Waals surface area contributed by atoms with E-state index in [4.69, 9.17) is 4.55 Å². The van der Waals surface area contributed by atoms with Crippen LogP contribution in [0.15, 0.2) is 53.4 Å². The lowest BCUT2D eigenvalue weighted by atomic mass is 10.2. The molecular weight excluding hydrogens is 432 g/mol. The molecule has 0 saturated heterocycles. The first-order valence-corrected chi connectivity index (χ1v) is 8.39. The van der Waals surface area contributed by atoms with E-state index in [9.17, 15) is 21.6 Å². The number of benzene rings is 2. The van der Waals surface area contributed by atoms with Crippen LogP contribution in [0.5, 0.6) is 0 Å². The van der Waals surface area contributed by atoms with Gasteiger partial charge in [-0.25, -0.2) is 0 Å². The Morgan fingerprint density at radius 1 is 1.00 bits per heavy atom. The largest absolute Gasteiger partial charge is 0.417 e. The van der Waals surface area contributed by atoms with Gasteiger partial charge in [-0.15, -0.1) is 0 Å². The highest BCUT2D eigenvalue weighted by Crippen LogP contribution is 2.33. The Labute approximate surface area is 140 Å². The van der Waals surface area contributed by atoms with Crippen LogP contribution in [-0.2, 0) is 16.3 Å². The van der Waals surface area contributed by atoms with Crippen molar-refractivity contribution in [2.24, 2.45) is 0 Å². The maximum absolute atomic E-state index is 12.2. The molecule has 2 rings (SSSR count). The van der Waals surface area contributed by atoms with Gasteiger partial charge in [0.15, 0.2) is 0 Å². The van der Waals surface area contributed by atoms with Crippen molar-refractivity contribution in [2.75, 3.05) is 0 Å². The van der Waals surface area contributed by atoms with Crippen LogP contribution in [0.2, 0.25) is 0 Å². The predicted octanol–water partition coefficient (Wildman–Crippen LogP) is 4.55. The van der Waals surface area contributed by atoms with Crippen LogP contribution in [-0.4, -0.2) is 13.0 Å². The molecule has 1 N–H and O–H groups in total. The molecule has 2 aromatic rings. The lowest BCUT2D eigenvalue weighted by Crippen LogP contribution is -2.12. The van der Waals surface area contributed by atoms with Crippen molar-refractivity contribution < 1.29 is 26.1 Å². The van der Waals surface area contributed by atoms with Gasteiger partial charge in [-0.3, -0.25) is 4.55 Å². The minimum absolute atomic E-state index is 0.586. The molecule has 22 heavy (non-hydrogen) atoms. The quantitative estimate of drug-likeness (QED) is 0.519. The Morgan fingerprint density at radius 2 is 1.50 bits per heavy atom. The predicted molar refractivity (Wildman–Crippen MR) is 85.2 cm³/mol. The van der Waals surface area contributed by atoms with Gasteiger partial charge in [-0.2, -0.15) is 21.6 Å². The Morgan fingerprint density at radius 3 is 1.86 bits per heavy atom. The summed E-state index contributed by atoms with van der Waals surface area (Å²) in [6.45, 7) is 2.09. The smallest absolute Gasteiger partial charge is 0.282 e. The van der Waals surface area contributed by atoms with Crippen molar-refractivity contribution in [3.8, 4) is 0 Å². The van der Waals surface area contributed by atoms with E-state index in [0.717, 1.165) is 12.1 Å². The number of halogens is 4. The lowest BCUT2D eigenvalue weighted by molar-refractivity contribution is -0.140. The Balaban J connectivity index is 0.000000255. The van der Waals surface area contributed by atoms with Crippen LogP contribution in [0.25, 0.3) is 0 Å². The molecule has 0 unspecified atom stereocenters. The minimum atomic E-state index is -4.84. The van der Waals surface area contributed by atoms with Crippen molar-refractivity contribution >= 4 is 32.7 Å². The van der Waals surface area contributed by atoms with Crippen LogP contribution in [0.4, 0.5) is 13.2 Å². The molecule has 0 fully saturated rings. The summed E-state index contributed by atoms with van der Waals surface area (Å²) in [5.74, 6) is 0. The van der Waals surface area contributed by atoms with E-state index >= 15 is 0 Å². The zero-order chi connectivity index (χ0) is 17.0. The summed E-state index contributed by atoms with van der Waals surface area (Å²) in [4.78, 5) is -1.13. The number of alkyl halides is 3. The maximum Gasteiger partial charge on any atom is 0.417 e. The van der Waals surface area contributed by atoms with Crippen molar-refractivity contribution in [3.05, 3.63) is 63.2 Å². The topological polar surface area (TPSA) is 54.4 Å². The summed E-state index contributed by atoms with van der Waals surface area (Å²) >= 11 is 2.30. The standard InChI is InChI=1S/C7H5F3O3S.C7H7I/c8-7(9,10)5-3-1-2-4-6(5)14(11,12)13;1-6-2-4-7(8)5-3-6/h1-4H,(H,11,12,13);2-5H,1H3. The first-order valence-electron chi connectivity index (χ1n) is 5.87. The van der Waals surface area contributed by atoms with E-state index in [1.807, 2.05) is 0 Å². The van der Waals surface area contributed by atoms with Crippen LogP contribution < -0.4 is 0 Å². The average Bonchev–Trinajstić information content (AvgIpc) is 2.41. The second-order valence-corrected chi connectivity index (χ2v) is 6.90. The van der Waals surface area contributed by atoms with E-state index in [2.05, 4.69) is 53.8 Å². The van der Waals surface area contributed by atoms with E-state index in [-0.39, 0.29) is 0 Å². The van der Waals surface area contributed by atoms with Gasteiger partial charge in [-0.05, 0) is 53.8 Å². The van der Waals surface area contributed by atoms with E-state index in [0.29, 0.717) is 12.1 Å². The second kappa shape index (κ2) is 7.42. The Hall–Kier alpha value is -1.13. The summed E-state index contributed by atoms with van der Waals surface area (Å²) in [5, 5.41) is 0. The summed E-state index contributed by atoms with van der Waals surface area (Å²) in [5.41, 5.74) is -0.0482. The fourth-order valence-electron chi connectivity index (χ4n) is 1.46. The zero-order valence-electron chi connectivity index (χ0n) is 11.3. The highest BCUT2D eigenvalue weighted by atomic mass is 127. The minimum Gasteiger partial charge on any atom is -0.282 e. The second-order valence-electron chi connectivity index (χ2n) is 4.26. The highest BCUT2D eigenvalue weighted by molar-refractivity contribution is 14.1. The van der Waals surface area contributed by atoms with Crippen LogP contribution in [0.1, 0.15) is 11.1 Å². The van der Waals surface area contributed by atoms with Gasteiger partial charge in [0.2, 0.25) is 0 Å². The molecular formula is C14H12F3IO3S. The van der Waals surface area contributed by atoms with Crippen LogP contribution in [0.3, 0.4) is 0 Å². The fraction of sp³-hybridized carbons (Fsp3) is 0.143. The first-order chi connectivity index (χ1) is 10.0. The van der Waals surface area contributed by atoms with E-state index < -0.39 is 26.8 Å². The third-order valence-corrected chi connectivity index (χ3v) is 4.11. The van der Waals surface area contributed by atoms with Gasteiger partial charge in [0.05, 0.1) is 5.56 Å². The normalized spacial score (nSPS) is 11.5. The Kier molecular flexibility index (Phi) is 6.38. The van der Waals surface area contributed by atoms with Crippen molar-refractivity contribution in [3.63, 3.8) is 0 Å². The third kappa shape index (κ3) is 5.93. The molecule has 0 spiro atoms. The molecule has 8 heteroatoms. The molecule has 0 heterocycles.